The Morgan fingerprint density at radius 1 is 1.20 bits per heavy atom. The van der Waals surface area contributed by atoms with E-state index in [1.165, 1.54) is 13.8 Å². The lowest BCUT2D eigenvalue weighted by molar-refractivity contribution is 0.0697. The van der Waals surface area contributed by atoms with Crippen LogP contribution in [0.5, 0.6) is 0 Å². The second-order valence-electron chi connectivity index (χ2n) is 9.87. The number of carbonyl (C=O) groups is 2. The number of halogens is 1. The van der Waals surface area contributed by atoms with E-state index in [1.807, 2.05) is 12.1 Å². The quantitative estimate of drug-likeness (QED) is 0.457. The predicted octanol–water partition coefficient (Wildman–Crippen LogP) is 1.57. The number of aromatic nitrogens is 1. The van der Waals surface area contributed by atoms with Gasteiger partial charge < -0.3 is 25.6 Å². The van der Waals surface area contributed by atoms with Gasteiger partial charge in [0.25, 0.3) is 11.8 Å². The Morgan fingerprint density at radius 2 is 1.86 bits per heavy atom. The molecule has 9 nitrogen and oxygen atoms in total. The molecular formula is C24H31ClN4O5S. The second-order valence-corrected chi connectivity index (χ2v) is 13.2. The van der Waals surface area contributed by atoms with Crippen LogP contribution in [0.15, 0.2) is 36.4 Å². The first-order valence-electron chi connectivity index (χ1n) is 11.6. The number of amides is 2. The van der Waals surface area contributed by atoms with E-state index in [0.717, 1.165) is 5.56 Å². The molecule has 1 aliphatic carbocycles. The van der Waals surface area contributed by atoms with Crippen molar-refractivity contribution < 1.29 is 23.1 Å². The monoisotopic (exact) mass is 522 g/mol. The van der Waals surface area contributed by atoms with E-state index in [-0.39, 0.29) is 18.4 Å². The number of benzene rings is 1. The fourth-order valence-corrected chi connectivity index (χ4v) is 7.26. The van der Waals surface area contributed by atoms with Crippen LogP contribution in [-0.2, 0) is 22.9 Å². The van der Waals surface area contributed by atoms with Gasteiger partial charge in [-0.05, 0) is 56.5 Å². The van der Waals surface area contributed by atoms with Crippen LogP contribution < -0.4 is 11.1 Å². The molecule has 0 radical (unpaired) electrons. The Kier molecular flexibility index (Phi) is 6.78. The predicted molar refractivity (Wildman–Crippen MR) is 133 cm³/mol. The molecule has 2 amide bonds. The Balaban J connectivity index is 1.47. The number of hydrogen-bond donors (Lipinski definition) is 3. The van der Waals surface area contributed by atoms with Gasteiger partial charge in [-0.3, -0.25) is 9.59 Å². The molecule has 0 spiro atoms. The number of nitrogens with one attached hydrogen (secondary N) is 1. The van der Waals surface area contributed by atoms with Crippen LogP contribution in [0.1, 0.15) is 53.2 Å². The molecule has 1 atom stereocenters. The summed E-state index contributed by atoms with van der Waals surface area (Å²) in [5.41, 5.74) is 7.56. The highest BCUT2D eigenvalue weighted by Gasteiger charge is 2.62. The fourth-order valence-electron chi connectivity index (χ4n) is 4.58. The maximum Gasteiger partial charge on any atom is 0.270 e. The number of sulfone groups is 1. The van der Waals surface area contributed by atoms with E-state index in [9.17, 15) is 23.1 Å². The van der Waals surface area contributed by atoms with Crippen LogP contribution in [0.3, 0.4) is 0 Å². The van der Waals surface area contributed by atoms with Crippen molar-refractivity contribution in [1.29, 1.82) is 0 Å². The van der Waals surface area contributed by atoms with Crippen LogP contribution in [-0.4, -0.2) is 70.0 Å². The van der Waals surface area contributed by atoms with Crippen molar-refractivity contribution in [1.82, 2.24) is 14.8 Å². The Morgan fingerprint density at radius 3 is 2.46 bits per heavy atom. The summed E-state index contributed by atoms with van der Waals surface area (Å²) in [7, 11) is -3.74. The van der Waals surface area contributed by atoms with Crippen molar-refractivity contribution in [2.24, 2.45) is 5.73 Å². The molecule has 1 aliphatic heterocycles. The number of nitrogens with two attached hydrogens (primary N) is 1. The van der Waals surface area contributed by atoms with Gasteiger partial charge in [-0.1, -0.05) is 23.7 Å². The van der Waals surface area contributed by atoms with E-state index < -0.39 is 32.0 Å². The lowest BCUT2D eigenvalue weighted by Gasteiger charge is -2.37. The molecule has 1 fully saturated rings. The first-order chi connectivity index (χ1) is 16.4. The summed E-state index contributed by atoms with van der Waals surface area (Å²) < 4.78 is 26.2. The van der Waals surface area contributed by atoms with Crippen LogP contribution in [0.2, 0.25) is 5.02 Å². The lowest BCUT2D eigenvalue weighted by atomic mass is 10.1. The summed E-state index contributed by atoms with van der Waals surface area (Å²) >= 11 is 5.90. The zero-order valence-electron chi connectivity index (χ0n) is 19.8. The van der Waals surface area contributed by atoms with Gasteiger partial charge in [-0.25, -0.2) is 8.42 Å². The number of hydrogen-bond acceptors (Lipinski definition) is 6. The first-order valence-corrected chi connectivity index (χ1v) is 13.4. The molecule has 2 aliphatic rings. The average Bonchev–Trinajstić information content (AvgIpc) is 3.50. The third-order valence-electron chi connectivity index (χ3n) is 7.32. The van der Waals surface area contributed by atoms with E-state index in [0.29, 0.717) is 48.9 Å². The summed E-state index contributed by atoms with van der Waals surface area (Å²) in [6.07, 6.45) is 0.889. The third-order valence-corrected chi connectivity index (χ3v) is 10.9. The molecule has 2 heterocycles. The minimum atomic E-state index is -3.74. The minimum Gasteiger partial charge on any atom is -0.395 e. The first kappa shape index (κ1) is 25.7. The summed E-state index contributed by atoms with van der Waals surface area (Å²) in [6, 6.07) is 9.45. The van der Waals surface area contributed by atoms with Crippen LogP contribution in [0.25, 0.3) is 0 Å². The van der Waals surface area contributed by atoms with Crippen molar-refractivity contribution in [2.45, 2.75) is 55.3 Å². The SMILES string of the molecule is CC(C)([C@@H](N)CO)S(=O)(=O)C1(CN2CCn3c(C(=O)NCc4ccc(Cl)cc4)ccc3C2=O)CC1. The molecule has 2 aromatic rings. The average molecular weight is 523 g/mol. The Labute approximate surface area is 210 Å². The maximum atomic E-state index is 13.5. The van der Waals surface area contributed by atoms with E-state index >= 15 is 0 Å². The molecule has 1 aromatic heterocycles. The van der Waals surface area contributed by atoms with Gasteiger partial charge in [0.15, 0.2) is 9.84 Å². The van der Waals surface area contributed by atoms with Gasteiger partial charge >= 0.3 is 0 Å². The standard InChI is InChI=1S/C24H31ClN4O5S/c1-23(2,20(26)14-30)35(33,34)24(9-10-24)15-28-11-12-29-18(7-8-19(29)22(28)32)21(31)27-13-16-3-5-17(25)6-4-16/h3-8,20,30H,9-15,26H2,1-2H3,(H,27,31)/t20-/m0/s1. The normalized spacial score (nSPS) is 18.2. The van der Waals surface area contributed by atoms with Gasteiger partial charge in [0.2, 0.25) is 0 Å². The number of carbonyl (C=O) groups excluding carboxylic acids is 2. The molecule has 190 valence electrons. The summed E-state index contributed by atoms with van der Waals surface area (Å²) in [5, 5.41) is 12.9. The third kappa shape index (κ3) is 4.48. The van der Waals surface area contributed by atoms with Gasteiger partial charge in [0.05, 0.1) is 16.1 Å². The van der Waals surface area contributed by atoms with Crippen molar-refractivity contribution in [2.75, 3.05) is 19.7 Å². The molecule has 4 rings (SSSR count). The largest absolute Gasteiger partial charge is 0.395 e. The summed E-state index contributed by atoms with van der Waals surface area (Å²) in [5.74, 6) is -0.604. The van der Waals surface area contributed by atoms with E-state index in [1.54, 1.807) is 33.7 Å². The molecule has 4 N–H and O–H groups in total. The number of nitrogens with zero attached hydrogens (tertiary/aromatic N) is 2. The molecule has 0 bridgehead atoms. The van der Waals surface area contributed by atoms with Crippen molar-refractivity contribution in [3.05, 3.63) is 58.4 Å². The molecule has 11 heteroatoms. The van der Waals surface area contributed by atoms with Crippen molar-refractivity contribution in [3.63, 3.8) is 0 Å². The molecular weight excluding hydrogens is 492 g/mol. The smallest absolute Gasteiger partial charge is 0.270 e. The van der Waals surface area contributed by atoms with Gasteiger partial charge in [-0.15, -0.1) is 0 Å². The van der Waals surface area contributed by atoms with Crippen molar-refractivity contribution in [3.8, 4) is 0 Å². The number of aliphatic hydroxyl groups excluding tert-OH is 1. The van der Waals surface area contributed by atoms with Crippen molar-refractivity contribution >= 4 is 33.3 Å². The number of fused-ring (bicyclic) bond motifs is 1. The summed E-state index contributed by atoms with van der Waals surface area (Å²) in [4.78, 5) is 27.6. The number of rotatable bonds is 9. The van der Waals surface area contributed by atoms with E-state index in [2.05, 4.69) is 5.32 Å². The van der Waals surface area contributed by atoms with Gasteiger partial charge in [-0.2, -0.15) is 0 Å². The molecule has 35 heavy (non-hydrogen) atoms. The fraction of sp³-hybridized carbons (Fsp3) is 0.500. The molecule has 1 aromatic carbocycles. The number of aliphatic hydroxyl groups is 1. The highest BCUT2D eigenvalue weighted by atomic mass is 35.5. The highest BCUT2D eigenvalue weighted by molar-refractivity contribution is 7.94. The zero-order valence-corrected chi connectivity index (χ0v) is 21.4. The maximum absolute atomic E-state index is 13.5. The minimum absolute atomic E-state index is 0.0685. The van der Waals surface area contributed by atoms with Crippen LogP contribution in [0.4, 0.5) is 0 Å². The molecule has 1 saturated carbocycles. The van der Waals surface area contributed by atoms with Gasteiger partial charge in [0, 0.05) is 37.2 Å². The summed E-state index contributed by atoms with van der Waals surface area (Å²) in [6.45, 7) is 3.68. The van der Waals surface area contributed by atoms with E-state index in [4.69, 9.17) is 17.3 Å². The Hall–Kier alpha value is -2.40. The van der Waals surface area contributed by atoms with Gasteiger partial charge in [0.1, 0.15) is 11.4 Å². The highest BCUT2D eigenvalue weighted by Crippen LogP contribution is 2.49. The second kappa shape index (κ2) is 9.24. The topological polar surface area (TPSA) is 135 Å². The van der Waals surface area contributed by atoms with Crippen LogP contribution >= 0.6 is 11.6 Å². The zero-order chi connectivity index (χ0) is 25.6. The Bertz CT molecular complexity index is 1240. The van der Waals surface area contributed by atoms with Crippen LogP contribution in [0, 0.1) is 0 Å². The lowest BCUT2D eigenvalue weighted by Crippen LogP contribution is -2.57. The molecule has 0 saturated heterocycles. The molecule has 0 unspecified atom stereocenters.